The van der Waals surface area contributed by atoms with E-state index in [-0.39, 0.29) is 0 Å². The zero-order valence-corrected chi connectivity index (χ0v) is 17.0. The summed E-state index contributed by atoms with van der Waals surface area (Å²) in [5, 5.41) is 0. The van der Waals surface area contributed by atoms with Gasteiger partial charge in [-0.2, -0.15) is 0 Å². The number of rotatable bonds is 4. The van der Waals surface area contributed by atoms with Crippen LogP contribution in [0.4, 0.5) is 5.69 Å². The zero-order valence-electron chi connectivity index (χ0n) is 15.5. The third-order valence-corrected chi connectivity index (χ3v) is 6.97. The summed E-state index contributed by atoms with van der Waals surface area (Å²) in [6.45, 7) is 8.77. The van der Waals surface area contributed by atoms with Crippen molar-refractivity contribution < 1.29 is 9.80 Å². The van der Waals surface area contributed by atoms with Gasteiger partial charge in [0.2, 0.25) is 0 Å². The Kier molecular flexibility index (Phi) is 5.93. The summed E-state index contributed by atoms with van der Waals surface area (Å²) in [4.78, 5) is 6.14. The van der Waals surface area contributed by atoms with Crippen molar-refractivity contribution in [2.75, 3.05) is 44.2 Å². The summed E-state index contributed by atoms with van der Waals surface area (Å²) in [7, 11) is 0. The van der Waals surface area contributed by atoms with Gasteiger partial charge >= 0.3 is 0 Å². The number of likely N-dealkylation sites (tertiary alicyclic amines) is 1. The molecule has 4 rings (SSSR count). The second kappa shape index (κ2) is 8.55. The van der Waals surface area contributed by atoms with Crippen molar-refractivity contribution in [1.29, 1.82) is 0 Å². The van der Waals surface area contributed by atoms with Crippen LogP contribution >= 0.6 is 15.9 Å². The minimum absolute atomic E-state index is 0.871. The molecule has 0 atom stereocenters. The first-order valence-electron chi connectivity index (χ1n) is 10.0. The maximum absolute atomic E-state index is 3.70. The lowest BCUT2D eigenvalue weighted by Gasteiger charge is -2.40. The van der Waals surface area contributed by atoms with Gasteiger partial charge in [-0.05, 0) is 18.2 Å². The highest BCUT2D eigenvalue weighted by molar-refractivity contribution is 9.10. The predicted octanol–water partition coefficient (Wildman–Crippen LogP) is 1.40. The Bertz CT molecular complexity index is 690. The Hall–Kier alpha value is -1.36. The first-order valence-corrected chi connectivity index (χ1v) is 10.8. The summed E-state index contributed by atoms with van der Waals surface area (Å²) in [6, 6.07) is 20.5. The number of piperazine rings is 1. The fraction of sp³-hybridized carbons (Fsp3) is 0.455. The van der Waals surface area contributed by atoms with Gasteiger partial charge in [0.05, 0.1) is 45.3 Å². The van der Waals surface area contributed by atoms with E-state index in [0.29, 0.717) is 0 Å². The molecule has 2 fully saturated rings. The van der Waals surface area contributed by atoms with Crippen LogP contribution in [0.2, 0.25) is 0 Å². The number of halogens is 1. The number of quaternary nitrogens is 2. The van der Waals surface area contributed by atoms with Gasteiger partial charge < -0.3 is 14.7 Å². The van der Waals surface area contributed by atoms with E-state index in [2.05, 4.69) is 75.4 Å². The molecule has 0 amide bonds. The van der Waals surface area contributed by atoms with Crippen LogP contribution in [0.3, 0.4) is 0 Å². The molecule has 138 valence electrons. The minimum Gasteiger partial charge on any atom is -0.360 e. The van der Waals surface area contributed by atoms with Gasteiger partial charge in [-0.1, -0.05) is 52.3 Å². The molecule has 2 saturated heterocycles. The summed E-state index contributed by atoms with van der Waals surface area (Å²) >= 11 is 3.70. The van der Waals surface area contributed by atoms with Crippen molar-refractivity contribution in [3.8, 4) is 0 Å². The number of nitrogens with one attached hydrogen (secondary N) is 2. The van der Waals surface area contributed by atoms with Gasteiger partial charge in [-0.25, -0.2) is 0 Å². The Balaban J connectivity index is 1.25. The topological polar surface area (TPSA) is 12.1 Å². The normalized spacial score (nSPS) is 24.6. The predicted molar refractivity (Wildman–Crippen MR) is 111 cm³/mol. The van der Waals surface area contributed by atoms with Gasteiger partial charge in [0.1, 0.15) is 6.54 Å². The molecule has 0 unspecified atom stereocenters. The van der Waals surface area contributed by atoms with E-state index in [0.717, 1.165) is 12.6 Å². The van der Waals surface area contributed by atoms with Crippen molar-refractivity contribution in [1.82, 2.24) is 0 Å². The van der Waals surface area contributed by atoms with Gasteiger partial charge in [0, 0.05) is 28.6 Å². The number of nitrogens with zero attached hydrogens (tertiary/aromatic N) is 1. The van der Waals surface area contributed by atoms with Crippen molar-refractivity contribution in [3.63, 3.8) is 0 Å². The van der Waals surface area contributed by atoms with Crippen LogP contribution in [-0.4, -0.2) is 45.3 Å². The highest BCUT2D eigenvalue weighted by atomic mass is 79.9. The molecule has 0 saturated carbocycles. The van der Waals surface area contributed by atoms with E-state index < -0.39 is 0 Å². The van der Waals surface area contributed by atoms with Crippen LogP contribution in [0.25, 0.3) is 0 Å². The molecule has 0 aromatic heterocycles. The molecule has 4 heteroatoms. The van der Waals surface area contributed by atoms with Crippen molar-refractivity contribution >= 4 is 21.6 Å². The first kappa shape index (κ1) is 18.0. The summed E-state index contributed by atoms with van der Waals surface area (Å²) in [6.07, 6.45) is 2.75. The molecule has 2 aromatic rings. The van der Waals surface area contributed by atoms with Crippen molar-refractivity contribution in [3.05, 3.63) is 64.6 Å². The van der Waals surface area contributed by atoms with E-state index in [9.17, 15) is 0 Å². The lowest BCUT2D eigenvalue weighted by atomic mass is 10.0. The molecule has 2 aliphatic rings. The maximum atomic E-state index is 3.70. The maximum Gasteiger partial charge on any atom is 0.104 e. The van der Waals surface area contributed by atoms with Crippen LogP contribution < -0.4 is 14.7 Å². The molecule has 2 N–H and O–H groups in total. The quantitative estimate of drug-likeness (QED) is 0.768. The molecule has 2 heterocycles. The number of piperidine rings is 1. The lowest BCUT2D eigenvalue weighted by molar-refractivity contribution is -0.963. The Labute approximate surface area is 165 Å². The summed E-state index contributed by atoms with van der Waals surface area (Å²) < 4.78 is 1.26. The highest BCUT2D eigenvalue weighted by Crippen LogP contribution is 2.15. The third kappa shape index (κ3) is 4.30. The smallest absolute Gasteiger partial charge is 0.104 e. The molecule has 0 radical (unpaired) electrons. The summed E-state index contributed by atoms with van der Waals surface area (Å²) in [5.41, 5.74) is 2.84. The molecule has 0 aliphatic carbocycles. The Morgan fingerprint density at radius 2 is 1.50 bits per heavy atom. The van der Waals surface area contributed by atoms with Gasteiger partial charge in [-0.3, -0.25) is 0 Å². The van der Waals surface area contributed by atoms with Crippen LogP contribution in [0.1, 0.15) is 18.4 Å². The van der Waals surface area contributed by atoms with Gasteiger partial charge in [-0.15, -0.1) is 0 Å². The molecule has 2 aromatic carbocycles. The van der Waals surface area contributed by atoms with Crippen molar-refractivity contribution in [2.24, 2.45) is 0 Å². The fourth-order valence-electron chi connectivity index (χ4n) is 4.62. The van der Waals surface area contributed by atoms with Gasteiger partial charge in [0.25, 0.3) is 0 Å². The zero-order chi connectivity index (χ0) is 17.8. The second-order valence-corrected chi connectivity index (χ2v) is 8.63. The van der Waals surface area contributed by atoms with E-state index in [1.165, 1.54) is 67.8 Å². The van der Waals surface area contributed by atoms with Crippen LogP contribution in [0.5, 0.6) is 0 Å². The van der Waals surface area contributed by atoms with E-state index in [1.54, 1.807) is 4.90 Å². The second-order valence-electron chi connectivity index (χ2n) is 7.77. The van der Waals surface area contributed by atoms with Gasteiger partial charge in [0.15, 0.2) is 0 Å². The SMILES string of the molecule is Brc1ccccc1C[NH+]1CCC([NH+]2CCN(c3ccccc3)CC2)CC1. The van der Waals surface area contributed by atoms with E-state index in [1.807, 2.05) is 4.90 Å². The summed E-state index contributed by atoms with van der Waals surface area (Å²) in [5.74, 6) is 0. The number of hydrogen-bond acceptors (Lipinski definition) is 1. The molecular weight excluding hydrogens is 386 g/mol. The number of benzene rings is 2. The molecule has 26 heavy (non-hydrogen) atoms. The van der Waals surface area contributed by atoms with Crippen LogP contribution in [0, 0.1) is 0 Å². The standard InChI is InChI=1S/C22H28BrN3/c23-22-9-5-4-6-19(22)18-24-12-10-21(11-13-24)26-16-14-25(15-17-26)20-7-2-1-3-8-20/h1-9,21H,10-18H2/p+2. The lowest BCUT2D eigenvalue weighted by Crippen LogP contribution is -3.21. The highest BCUT2D eigenvalue weighted by Gasteiger charge is 2.32. The first-order chi connectivity index (χ1) is 12.8. The fourth-order valence-corrected chi connectivity index (χ4v) is 5.05. The van der Waals surface area contributed by atoms with E-state index in [4.69, 9.17) is 0 Å². The minimum atomic E-state index is 0.871. The monoisotopic (exact) mass is 415 g/mol. The third-order valence-electron chi connectivity index (χ3n) is 6.20. The number of anilines is 1. The average molecular weight is 416 g/mol. The number of para-hydroxylation sites is 1. The van der Waals surface area contributed by atoms with Crippen molar-refractivity contribution in [2.45, 2.75) is 25.4 Å². The molecular formula is C22H30BrN3+2. The molecule has 0 bridgehead atoms. The van der Waals surface area contributed by atoms with E-state index >= 15 is 0 Å². The molecule has 2 aliphatic heterocycles. The number of hydrogen-bond donors (Lipinski definition) is 2. The Morgan fingerprint density at radius 1 is 0.846 bits per heavy atom. The van der Waals surface area contributed by atoms with Crippen LogP contribution in [-0.2, 0) is 6.54 Å². The largest absolute Gasteiger partial charge is 0.360 e. The average Bonchev–Trinajstić information content (AvgIpc) is 2.71. The van der Waals surface area contributed by atoms with Crippen LogP contribution in [0.15, 0.2) is 59.1 Å². The molecule has 0 spiro atoms. The Morgan fingerprint density at radius 3 is 2.19 bits per heavy atom. The molecule has 3 nitrogen and oxygen atoms in total.